The van der Waals surface area contributed by atoms with Crippen LogP contribution in [0.3, 0.4) is 0 Å². The molecule has 7 unspecified atom stereocenters. The van der Waals surface area contributed by atoms with Crippen LogP contribution in [0.1, 0.15) is 0 Å². The summed E-state index contributed by atoms with van der Waals surface area (Å²) in [6.45, 7) is -1.33. The Morgan fingerprint density at radius 2 is 0.850 bits per heavy atom. The van der Waals surface area contributed by atoms with Crippen molar-refractivity contribution < 1.29 is 46.0 Å². The molecule has 0 aromatic rings. The molecule has 10 nitrogen and oxygen atoms in total. The van der Waals surface area contributed by atoms with Crippen molar-refractivity contribution in [1.82, 2.24) is 0 Å². The smallest absolute Gasteiger partial charge is 0.111 e. The summed E-state index contributed by atoms with van der Waals surface area (Å²) < 4.78 is 0. The van der Waals surface area contributed by atoms with Gasteiger partial charge in [-0.05, 0) is 0 Å². The molecule has 0 fully saturated rings. The normalized spacial score (nSPS) is 24.3. The summed E-state index contributed by atoms with van der Waals surface area (Å²) >= 11 is 0. The van der Waals surface area contributed by atoms with Crippen molar-refractivity contribution in [3.63, 3.8) is 0 Å². The summed E-state index contributed by atoms with van der Waals surface area (Å²) in [6, 6.07) is 0. The molecule has 0 radical (unpaired) electrons. The van der Waals surface area contributed by atoms with Crippen molar-refractivity contribution in [2.45, 2.75) is 48.8 Å². The molecule has 0 aliphatic carbocycles. The van der Waals surface area contributed by atoms with E-state index in [1.807, 2.05) is 0 Å². The summed E-state index contributed by atoms with van der Waals surface area (Å²) in [7, 11) is 0. The van der Waals surface area contributed by atoms with Crippen LogP contribution in [0.4, 0.5) is 0 Å². The zero-order valence-corrected chi connectivity index (χ0v) is 10.6. The van der Waals surface area contributed by atoms with Gasteiger partial charge >= 0.3 is 0 Å². The highest BCUT2D eigenvalue weighted by Gasteiger charge is 2.40. The van der Waals surface area contributed by atoms with Gasteiger partial charge in [-0.1, -0.05) is 0 Å². The second-order valence-corrected chi connectivity index (χ2v) is 4.50. The van der Waals surface area contributed by atoms with Crippen molar-refractivity contribution in [3.8, 4) is 0 Å². The molecule has 0 heterocycles. The van der Waals surface area contributed by atoms with E-state index < -0.39 is 62.0 Å². The molecule has 122 valence electrons. The minimum absolute atomic E-state index is 0.421. The predicted octanol–water partition coefficient (Wildman–Crippen LogP) is -6.18. The first kappa shape index (κ1) is 19.6. The lowest BCUT2D eigenvalue weighted by Crippen LogP contribution is -2.57. The van der Waals surface area contributed by atoms with Gasteiger partial charge in [0.15, 0.2) is 0 Å². The Hall–Kier alpha value is -0.400. The molecule has 0 spiro atoms. The van der Waals surface area contributed by atoms with Crippen molar-refractivity contribution in [1.29, 1.82) is 0 Å². The van der Waals surface area contributed by atoms with Gasteiger partial charge in [0.1, 0.15) is 42.7 Å². The third-order valence-corrected chi connectivity index (χ3v) is 2.97. The van der Waals surface area contributed by atoms with Crippen LogP contribution < -0.4 is 5.73 Å². The topological polar surface area (TPSA) is 208 Å². The number of aliphatic hydroxyl groups excluding tert-OH is 9. The molecule has 0 aromatic carbocycles. The summed E-state index contributed by atoms with van der Waals surface area (Å²) in [4.78, 5) is 0. The van der Waals surface area contributed by atoms with Gasteiger partial charge in [-0.25, -0.2) is 0 Å². The van der Waals surface area contributed by atoms with Crippen LogP contribution in [-0.4, -0.2) is 108 Å². The van der Waals surface area contributed by atoms with Gasteiger partial charge in [0.05, 0.1) is 12.7 Å². The van der Waals surface area contributed by atoms with E-state index in [-0.39, 0.29) is 0 Å². The van der Waals surface area contributed by atoms with E-state index >= 15 is 0 Å². The van der Waals surface area contributed by atoms with Crippen LogP contribution >= 0.6 is 0 Å². The highest BCUT2D eigenvalue weighted by molar-refractivity contribution is 4.91. The molecule has 0 aliphatic heterocycles. The Labute approximate surface area is 115 Å². The maximum absolute atomic E-state index is 9.55. The largest absolute Gasteiger partial charge is 0.394 e. The van der Waals surface area contributed by atoms with Crippen LogP contribution in [0.2, 0.25) is 0 Å². The minimum atomic E-state index is -2.15. The van der Waals surface area contributed by atoms with E-state index in [4.69, 9.17) is 15.9 Å². The van der Waals surface area contributed by atoms with E-state index in [2.05, 4.69) is 0 Å². The summed E-state index contributed by atoms with van der Waals surface area (Å²) in [5.74, 6) is 0. The monoisotopic (exact) mass is 301 g/mol. The minimum Gasteiger partial charge on any atom is -0.394 e. The van der Waals surface area contributed by atoms with Crippen LogP contribution in [0.5, 0.6) is 0 Å². The van der Waals surface area contributed by atoms with Crippen LogP contribution in [0.25, 0.3) is 0 Å². The van der Waals surface area contributed by atoms with Gasteiger partial charge in [-0.3, -0.25) is 0 Å². The van der Waals surface area contributed by atoms with Gasteiger partial charge < -0.3 is 51.7 Å². The number of nitrogens with two attached hydrogens (primary N) is 1. The maximum atomic E-state index is 9.55. The molecule has 0 bridgehead atoms. The van der Waals surface area contributed by atoms with Crippen molar-refractivity contribution >= 4 is 0 Å². The Bertz CT molecular complexity index is 243. The Balaban J connectivity index is 4.71. The van der Waals surface area contributed by atoms with Crippen molar-refractivity contribution in [3.05, 3.63) is 0 Å². The fourth-order valence-electron chi connectivity index (χ4n) is 1.51. The molecule has 0 rings (SSSR count). The zero-order valence-electron chi connectivity index (χ0n) is 10.6. The number of hydrogen-bond donors (Lipinski definition) is 10. The summed E-state index contributed by atoms with van der Waals surface area (Å²) in [5, 5.41) is 83.6. The first-order chi connectivity index (χ1) is 9.18. The molecule has 10 heteroatoms. The molecule has 0 aliphatic rings. The molecular formula is C10H23NO9. The van der Waals surface area contributed by atoms with Crippen molar-refractivity contribution in [2.24, 2.45) is 5.73 Å². The van der Waals surface area contributed by atoms with Crippen LogP contribution in [0, 0.1) is 0 Å². The van der Waals surface area contributed by atoms with E-state index in [0.29, 0.717) is 0 Å². The van der Waals surface area contributed by atoms with E-state index in [0.717, 1.165) is 0 Å². The second-order valence-electron chi connectivity index (χ2n) is 4.50. The maximum Gasteiger partial charge on any atom is 0.111 e. The third kappa shape index (κ3) is 4.86. The van der Waals surface area contributed by atoms with E-state index in [9.17, 15) is 35.7 Å². The fraction of sp³-hybridized carbons (Fsp3) is 1.00. The van der Waals surface area contributed by atoms with E-state index in [1.165, 1.54) is 0 Å². The molecule has 8 atom stereocenters. The lowest BCUT2D eigenvalue weighted by molar-refractivity contribution is -0.178. The average molecular weight is 301 g/mol. The Kier molecular flexibility index (Phi) is 8.62. The summed E-state index contributed by atoms with van der Waals surface area (Å²) in [6.07, 6.45) is -15.7. The average Bonchev–Trinajstić information content (AvgIpc) is 2.48. The van der Waals surface area contributed by atoms with E-state index in [1.54, 1.807) is 0 Å². The molecule has 11 N–H and O–H groups in total. The zero-order chi connectivity index (χ0) is 16.0. The SMILES string of the molecule is NCC(O)C(O)C(O)C(O)[C@H](O)C(O)C(O)C(O)CO. The Morgan fingerprint density at radius 3 is 1.15 bits per heavy atom. The third-order valence-electron chi connectivity index (χ3n) is 2.97. The van der Waals surface area contributed by atoms with Gasteiger partial charge in [0, 0.05) is 6.54 Å². The van der Waals surface area contributed by atoms with Crippen LogP contribution in [-0.2, 0) is 0 Å². The molecule has 0 aromatic heterocycles. The lowest BCUT2D eigenvalue weighted by atomic mass is 9.93. The van der Waals surface area contributed by atoms with Crippen LogP contribution in [0.15, 0.2) is 0 Å². The number of aliphatic hydroxyl groups is 9. The van der Waals surface area contributed by atoms with Gasteiger partial charge in [-0.15, -0.1) is 0 Å². The lowest BCUT2D eigenvalue weighted by Gasteiger charge is -2.33. The highest BCUT2D eigenvalue weighted by atomic mass is 16.4. The highest BCUT2D eigenvalue weighted by Crippen LogP contribution is 2.14. The van der Waals surface area contributed by atoms with Gasteiger partial charge in [-0.2, -0.15) is 0 Å². The second kappa shape index (κ2) is 8.79. The summed E-state index contributed by atoms with van der Waals surface area (Å²) in [5.41, 5.74) is 5.04. The quantitative estimate of drug-likeness (QED) is 0.195. The number of rotatable bonds is 9. The van der Waals surface area contributed by atoms with Crippen molar-refractivity contribution in [2.75, 3.05) is 13.2 Å². The molecule has 0 saturated carbocycles. The Morgan fingerprint density at radius 1 is 0.550 bits per heavy atom. The fourth-order valence-corrected chi connectivity index (χ4v) is 1.51. The first-order valence-electron chi connectivity index (χ1n) is 5.94. The van der Waals surface area contributed by atoms with Gasteiger partial charge in [0.25, 0.3) is 0 Å². The number of hydrogen-bond acceptors (Lipinski definition) is 10. The predicted molar refractivity (Wildman–Crippen MR) is 64.2 cm³/mol. The standard InChI is InChI=1S/C10H23NO9/c11-1-3(13)5(15)7(17)9(19)10(20)8(18)6(16)4(14)2-12/h3-10,12-20H,1-2,11H2/t3?,4?,5?,6?,7?,8?,9?,10-/m1/s1. The first-order valence-corrected chi connectivity index (χ1v) is 5.94. The molecule has 0 saturated heterocycles. The van der Waals surface area contributed by atoms with Gasteiger partial charge in [0.2, 0.25) is 0 Å². The molecular weight excluding hydrogens is 278 g/mol. The molecule has 0 amide bonds. The molecule has 20 heavy (non-hydrogen) atoms.